The summed E-state index contributed by atoms with van der Waals surface area (Å²) in [6.45, 7) is 2.90. The van der Waals surface area contributed by atoms with Crippen molar-refractivity contribution in [3.05, 3.63) is 23.3 Å². The van der Waals surface area contributed by atoms with E-state index in [1.54, 1.807) is 12.3 Å². The molecule has 0 atom stereocenters. The summed E-state index contributed by atoms with van der Waals surface area (Å²) in [5.41, 5.74) is 1.77. The van der Waals surface area contributed by atoms with Crippen LogP contribution >= 0.6 is 11.3 Å². The van der Waals surface area contributed by atoms with Crippen LogP contribution in [0.3, 0.4) is 0 Å². The van der Waals surface area contributed by atoms with Crippen molar-refractivity contribution in [1.29, 1.82) is 0 Å². The molecule has 4 heterocycles. The van der Waals surface area contributed by atoms with Gasteiger partial charge in [0.1, 0.15) is 5.69 Å². The minimum atomic E-state index is -0.445. The fourth-order valence-electron chi connectivity index (χ4n) is 3.88. The second-order valence-electron chi connectivity index (χ2n) is 7.56. The lowest BCUT2D eigenvalue weighted by Crippen LogP contribution is -2.47. The minimum Gasteiger partial charge on any atom is -0.464 e. The Bertz CT molecular complexity index is 925. The molecule has 0 saturated carbocycles. The third-order valence-electron chi connectivity index (χ3n) is 5.63. The van der Waals surface area contributed by atoms with Crippen LogP contribution in [0, 0.1) is 5.92 Å². The van der Waals surface area contributed by atoms with Gasteiger partial charge in [-0.3, -0.25) is 4.79 Å². The number of esters is 1. The number of ether oxygens (including phenoxy) is 1. The standard InChI is InChI=1S/C20H25N5O4S/c1-29-18(27)15-10-14(11-21-15)16-12-30-19(22-16)23-17(26)13-4-8-25(9-5-13)20(28)24-6-2-3-7-24/h10-13,21H,2-9H2,1H3,(H,22,23,26). The van der Waals surface area contributed by atoms with E-state index >= 15 is 0 Å². The molecule has 3 amide bonds. The van der Waals surface area contributed by atoms with E-state index < -0.39 is 5.97 Å². The highest BCUT2D eigenvalue weighted by atomic mass is 32.1. The van der Waals surface area contributed by atoms with Crippen molar-refractivity contribution >= 4 is 34.4 Å². The number of thiazole rings is 1. The molecule has 2 aliphatic rings. The molecule has 10 heteroatoms. The summed E-state index contributed by atoms with van der Waals surface area (Å²) in [5, 5.41) is 5.24. The maximum atomic E-state index is 12.7. The summed E-state index contributed by atoms with van der Waals surface area (Å²) >= 11 is 1.34. The maximum absolute atomic E-state index is 12.7. The Kier molecular flexibility index (Phi) is 6.03. The van der Waals surface area contributed by atoms with E-state index in [0.29, 0.717) is 42.5 Å². The van der Waals surface area contributed by atoms with Crippen molar-refractivity contribution in [3.63, 3.8) is 0 Å². The lowest BCUT2D eigenvalue weighted by molar-refractivity contribution is -0.121. The van der Waals surface area contributed by atoms with E-state index in [9.17, 15) is 14.4 Å². The molecular weight excluding hydrogens is 406 g/mol. The van der Waals surface area contributed by atoms with Gasteiger partial charge in [-0.2, -0.15) is 0 Å². The lowest BCUT2D eigenvalue weighted by Gasteiger charge is -2.33. The number of H-pyrrole nitrogens is 1. The third kappa shape index (κ3) is 4.33. The van der Waals surface area contributed by atoms with Gasteiger partial charge < -0.3 is 24.8 Å². The normalized spacial score (nSPS) is 17.2. The number of amides is 3. The van der Waals surface area contributed by atoms with E-state index in [1.165, 1.54) is 18.4 Å². The second-order valence-corrected chi connectivity index (χ2v) is 8.42. The monoisotopic (exact) mass is 431 g/mol. The molecule has 0 radical (unpaired) electrons. The van der Waals surface area contributed by atoms with Crippen LogP contribution in [-0.2, 0) is 9.53 Å². The van der Waals surface area contributed by atoms with Crippen molar-refractivity contribution in [3.8, 4) is 11.3 Å². The zero-order valence-electron chi connectivity index (χ0n) is 16.8. The van der Waals surface area contributed by atoms with E-state index in [0.717, 1.165) is 31.5 Å². The molecule has 160 valence electrons. The van der Waals surface area contributed by atoms with Crippen LogP contribution in [0.1, 0.15) is 36.2 Å². The van der Waals surface area contributed by atoms with Gasteiger partial charge in [0.15, 0.2) is 5.13 Å². The van der Waals surface area contributed by atoms with Gasteiger partial charge in [-0.15, -0.1) is 11.3 Å². The number of hydrogen-bond donors (Lipinski definition) is 2. The number of aromatic nitrogens is 2. The second kappa shape index (κ2) is 8.86. The van der Waals surface area contributed by atoms with Crippen molar-refractivity contribution in [2.75, 3.05) is 38.6 Å². The first-order valence-corrected chi connectivity index (χ1v) is 11.0. The van der Waals surface area contributed by atoms with Crippen LogP contribution in [0.25, 0.3) is 11.3 Å². The number of piperidine rings is 1. The number of rotatable bonds is 4. The van der Waals surface area contributed by atoms with Gasteiger partial charge in [0.25, 0.3) is 0 Å². The molecule has 0 bridgehead atoms. The number of nitrogens with one attached hydrogen (secondary N) is 2. The zero-order chi connectivity index (χ0) is 21.1. The first kappa shape index (κ1) is 20.4. The quantitative estimate of drug-likeness (QED) is 0.724. The molecular formula is C20H25N5O4S. The number of likely N-dealkylation sites (tertiary alicyclic amines) is 2. The Balaban J connectivity index is 1.30. The van der Waals surface area contributed by atoms with Crippen molar-refractivity contribution in [2.45, 2.75) is 25.7 Å². The molecule has 2 aromatic rings. The van der Waals surface area contributed by atoms with Gasteiger partial charge >= 0.3 is 12.0 Å². The summed E-state index contributed by atoms with van der Waals surface area (Å²) in [5.74, 6) is -0.633. The first-order valence-electron chi connectivity index (χ1n) is 10.1. The Labute approximate surface area is 178 Å². The molecule has 0 spiro atoms. The molecule has 2 N–H and O–H groups in total. The van der Waals surface area contributed by atoms with Gasteiger partial charge in [-0.05, 0) is 31.7 Å². The largest absolute Gasteiger partial charge is 0.464 e. The van der Waals surface area contributed by atoms with Gasteiger partial charge in [-0.25, -0.2) is 14.6 Å². The highest BCUT2D eigenvalue weighted by Gasteiger charge is 2.30. The Morgan fingerprint density at radius 2 is 1.87 bits per heavy atom. The number of aromatic amines is 1. The van der Waals surface area contributed by atoms with Crippen molar-refractivity contribution < 1.29 is 19.1 Å². The molecule has 4 rings (SSSR count). The Morgan fingerprint density at radius 1 is 1.17 bits per heavy atom. The van der Waals surface area contributed by atoms with Crippen LogP contribution in [0.15, 0.2) is 17.6 Å². The van der Waals surface area contributed by atoms with Gasteiger partial charge in [0, 0.05) is 49.2 Å². The highest BCUT2D eigenvalue weighted by Crippen LogP contribution is 2.27. The molecule has 0 unspecified atom stereocenters. The summed E-state index contributed by atoms with van der Waals surface area (Å²) in [6, 6.07) is 1.77. The Morgan fingerprint density at radius 3 is 2.57 bits per heavy atom. The van der Waals surface area contributed by atoms with Crippen LogP contribution in [0.2, 0.25) is 0 Å². The average molecular weight is 432 g/mol. The Hall–Kier alpha value is -2.88. The number of carbonyl (C=O) groups is 3. The molecule has 2 aliphatic heterocycles. The number of nitrogens with zero attached hydrogens (tertiary/aromatic N) is 3. The molecule has 2 fully saturated rings. The number of urea groups is 1. The van der Waals surface area contributed by atoms with Gasteiger partial charge in [0.2, 0.25) is 5.91 Å². The molecule has 0 aromatic carbocycles. The number of hydrogen-bond acceptors (Lipinski definition) is 6. The van der Waals surface area contributed by atoms with E-state index in [4.69, 9.17) is 0 Å². The van der Waals surface area contributed by atoms with Crippen LogP contribution in [0.5, 0.6) is 0 Å². The number of anilines is 1. The van der Waals surface area contributed by atoms with E-state index in [1.807, 2.05) is 15.2 Å². The summed E-state index contributed by atoms with van der Waals surface area (Å²) < 4.78 is 4.69. The first-order chi connectivity index (χ1) is 14.5. The molecule has 2 aromatic heterocycles. The van der Waals surface area contributed by atoms with E-state index in [-0.39, 0.29) is 17.9 Å². The SMILES string of the molecule is COC(=O)c1cc(-c2csc(NC(=O)C3CCN(C(=O)N4CCCC4)CC3)n2)c[nH]1. The molecule has 9 nitrogen and oxygen atoms in total. The third-order valence-corrected chi connectivity index (χ3v) is 6.39. The minimum absolute atomic E-state index is 0.0616. The fourth-order valence-corrected chi connectivity index (χ4v) is 4.61. The summed E-state index contributed by atoms with van der Waals surface area (Å²) in [4.78, 5) is 47.8. The van der Waals surface area contributed by atoms with Crippen molar-refractivity contribution in [2.24, 2.45) is 5.92 Å². The predicted octanol–water partition coefficient (Wildman–Crippen LogP) is 2.79. The number of carbonyl (C=O) groups excluding carboxylic acids is 3. The topological polar surface area (TPSA) is 108 Å². The van der Waals surface area contributed by atoms with Gasteiger partial charge in [0.05, 0.1) is 12.8 Å². The predicted molar refractivity (Wildman–Crippen MR) is 112 cm³/mol. The molecule has 0 aliphatic carbocycles. The van der Waals surface area contributed by atoms with Gasteiger partial charge in [-0.1, -0.05) is 0 Å². The molecule has 30 heavy (non-hydrogen) atoms. The average Bonchev–Trinajstić information content (AvgIpc) is 3.54. The zero-order valence-corrected chi connectivity index (χ0v) is 17.7. The molecule has 2 saturated heterocycles. The lowest BCUT2D eigenvalue weighted by atomic mass is 9.96. The number of methoxy groups -OCH3 is 1. The highest BCUT2D eigenvalue weighted by molar-refractivity contribution is 7.14. The van der Waals surface area contributed by atoms with Crippen LogP contribution in [0.4, 0.5) is 9.93 Å². The fraction of sp³-hybridized carbons (Fsp3) is 0.500. The summed E-state index contributed by atoms with van der Waals surface area (Å²) in [6.07, 6.45) is 5.15. The summed E-state index contributed by atoms with van der Waals surface area (Å²) in [7, 11) is 1.33. The maximum Gasteiger partial charge on any atom is 0.354 e. The van der Waals surface area contributed by atoms with Crippen molar-refractivity contribution in [1.82, 2.24) is 19.8 Å². The van der Waals surface area contributed by atoms with Crippen LogP contribution in [-0.4, -0.2) is 71.0 Å². The van der Waals surface area contributed by atoms with Crippen LogP contribution < -0.4 is 5.32 Å². The van der Waals surface area contributed by atoms with E-state index in [2.05, 4.69) is 20.0 Å². The smallest absolute Gasteiger partial charge is 0.354 e.